The summed E-state index contributed by atoms with van der Waals surface area (Å²) in [6.45, 7) is -0.0973. The lowest BCUT2D eigenvalue weighted by atomic mass is 10.1. The van der Waals surface area contributed by atoms with Gasteiger partial charge in [-0.05, 0) is 36.4 Å². The van der Waals surface area contributed by atoms with Crippen LogP contribution < -0.4 is 15.8 Å². The summed E-state index contributed by atoms with van der Waals surface area (Å²) in [7, 11) is 0. The van der Waals surface area contributed by atoms with Crippen molar-refractivity contribution in [3.8, 4) is 0 Å². The molecule has 1 heterocycles. The maximum Gasteiger partial charge on any atom is 0.306 e. The van der Waals surface area contributed by atoms with Crippen molar-refractivity contribution in [1.82, 2.24) is 10.9 Å². The molecule has 1 aliphatic rings. The molecule has 9 nitrogen and oxygen atoms in total. The van der Waals surface area contributed by atoms with Gasteiger partial charge in [-0.3, -0.25) is 35.3 Å². The summed E-state index contributed by atoms with van der Waals surface area (Å²) in [6, 6.07) is 7.65. The Morgan fingerprint density at radius 2 is 1.79 bits per heavy atom. The Labute approximate surface area is 162 Å². The zero-order valence-electron chi connectivity index (χ0n) is 14.7. The van der Waals surface area contributed by atoms with Crippen LogP contribution in [0.1, 0.15) is 16.8 Å². The van der Waals surface area contributed by atoms with E-state index in [4.69, 9.17) is 0 Å². The van der Waals surface area contributed by atoms with Gasteiger partial charge in [-0.25, -0.2) is 4.39 Å². The number of hydrazine groups is 1. The molecule has 2 aromatic rings. The number of anilines is 1. The summed E-state index contributed by atoms with van der Waals surface area (Å²) in [5, 5.41) is 10.9. The largest absolute Gasteiger partial charge is 0.311 e. The van der Waals surface area contributed by atoms with E-state index < -0.39 is 45.9 Å². The molecule has 0 spiro atoms. The summed E-state index contributed by atoms with van der Waals surface area (Å²) >= 11 is 0. The second kappa shape index (κ2) is 8.00. The first-order valence-corrected chi connectivity index (χ1v) is 8.36. The number of nitro groups is 1. The smallest absolute Gasteiger partial charge is 0.306 e. The van der Waals surface area contributed by atoms with E-state index in [1.165, 1.54) is 18.2 Å². The van der Waals surface area contributed by atoms with Crippen LogP contribution >= 0.6 is 0 Å². The topological polar surface area (TPSA) is 122 Å². The van der Waals surface area contributed by atoms with Crippen LogP contribution in [0.3, 0.4) is 0 Å². The minimum Gasteiger partial charge on any atom is -0.311 e. The SMILES string of the molecule is O=C(NNC(=O)C1CC(=O)N(c2ccc(F)c([N+](=O)[O-])c2)C1)c1ccc(F)cc1. The number of carbonyl (C=O) groups is 3. The van der Waals surface area contributed by atoms with E-state index in [-0.39, 0.29) is 24.2 Å². The number of halogens is 2. The molecule has 2 N–H and O–H groups in total. The van der Waals surface area contributed by atoms with Crippen LogP contribution in [0.15, 0.2) is 42.5 Å². The molecular formula is C18H14F2N4O5. The van der Waals surface area contributed by atoms with E-state index in [1.54, 1.807) is 0 Å². The second-order valence-electron chi connectivity index (χ2n) is 6.25. The van der Waals surface area contributed by atoms with E-state index in [2.05, 4.69) is 10.9 Å². The van der Waals surface area contributed by atoms with Gasteiger partial charge in [-0.1, -0.05) is 0 Å². The molecule has 150 valence electrons. The normalized spacial score (nSPS) is 15.9. The van der Waals surface area contributed by atoms with Crippen molar-refractivity contribution in [2.24, 2.45) is 5.92 Å². The van der Waals surface area contributed by atoms with E-state index in [0.29, 0.717) is 0 Å². The molecular weight excluding hydrogens is 390 g/mol. The van der Waals surface area contributed by atoms with Gasteiger partial charge >= 0.3 is 5.69 Å². The Bertz CT molecular complexity index is 996. The highest BCUT2D eigenvalue weighted by Crippen LogP contribution is 2.29. The van der Waals surface area contributed by atoms with Crippen molar-refractivity contribution >= 4 is 29.1 Å². The highest BCUT2D eigenvalue weighted by atomic mass is 19.1. The molecule has 0 radical (unpaired) electrons. The molecule has 0 aliphatic carbocycles. The molecule has 11 heteroatoms. The number of hydrogen-bond donors (Lipinski definition) is 2. The molecule has 0 bridgehead atoms. The lowest BCUT2D eigenvalue weighted by molar-refractivity contribution is -0.387. The van der Waals surface area contributed by atoms with Gasteiger partial charge in [0.15, 0.2) is 0 Å². The van der Waals surface area contributed by atoms with Crippen molar-refractivity contribution < 1.29 is 28.1 Å². The minimum absolute atomic E-state index is 0.0914. The maximum absolute atomic E-state index is 13.5. The molecule has 29 heavy (non-hydrogen) atoms. The predicted octanol–water partition coefficient (Wildman–Crippen LogP) is 1.69. The molecule has 0 saturated carbocycles. The molecule has 2 aromatic carbocycles. The number of nitrogens with one attached hydrogen (secondary N) is 2. The van der Waals surface area contributed by atoms with Gasteiger partial charge in [-0.2, -0.15) is 4.39 Å². The van der Waals surface area contributed by atoms with Gasteiger partial charge < -0.3 is 4.90 Å². The first-order chi connectivity index (χ1) is 13.8. The van der Waals surface area contributed by atoms with Crippen LogP contribution in [0.4, 0.5) is 20.2 Å². The Hall–Kier alpha value is -3.89. The Morgan fingerprint density at radius 3 is 2.45 bits per heavy atom. The quantitative estimate of drug-likeness (QED) is 0.593. The molecule has 1 aliphatic heterocycles. The van der Waals surface area contributed by atoms with Crippen LogP contribution in [0.5, 0.6) is 0 Å². The van der Waals surface area contributed by atoms with Gasteiger partial charge in [0, 0.05) is 24.6 Å². The third kappa shape index (κ3) is 4.34. The molecule has 0 aromatic heterocycles. The number of nitro benzene ring substituents is 1. The number of nitrogens with zero attached hydrogens (tertiary/aromatic N) is 2. The lowest BCUT2D eigenvalue weighted by Gasteiger charge is -2.16. The van der Waals surface area contributed by atoms with Crippen LogP contribution in [0, 0.1) is 27.7 Å². The first-order valence-electron chi connectivity index (χ1n) is 8.36. The lowest BCUT2D eigenvalue weighted by Crippen LogP contribution is -2.45. The standard InChI is InChI=1S/C18H14F2N4O5/c19-12-3-1-10(2-4-12)17(26)21-22-18(27)11-7-16(25)23(9-11)13-5-6-14(20)15(8-13)24(28)29/h1-6,8,11H,7,9H2,(H,21,26)(H,22,27). The Kier molecular flexibility index (Phi) is 5.48. The van der Waals surface area contributed by atoms with Gasteiger partial charge in [0.05, 0.1) is 16.5 Å². The minimum atomic E-state index is -1.04. The third-order valence-electron chi connectivity index (χ3n) is 4.34. The number of benzene rings is 2. The number of rotatable bonds is 4. The fourth-order valence-electron chi connectivity index (χ4n) is 2.84. The zero-order valence-corrected chi connectivity index (χ0v) is 14.7. The molecule has 1 unspecified atom stereocenters. The monoisotopic (exact) mass is 404 g/mol. The van der Waals surface area contributed by atoms with E-state index in [9.17, 15) is 33.3 Å². The summed E-state index contributed by atoms with van der Waals surface area (Å²) in [5.74, 6) is -4.18. The van der Waals surface area contributed by atoms with Crippen LogP contribution in [0.25, 0.3) is 0 Å². The highest BCUT2D eigenvalue weighted by molar-refractivity contribution is 6.01. The number of hydrogen-bond acceptors (Lipinski definition) is 5. The molecule has 1 fully saturated rings. The number of carbonyl (C=O) groups excluding carboxylic acids is 3. The average molecular weight is 404 g/mol. The first kappa shape index (κ1) is 19.9. The van der Waals surface area contributed by atoms with Gasteiger partial charge in [-0.15, -0.1) is 0 Å². The zero-order chi connectivity index (χ0) is 21.1. The van der Waals surface area contributed by atoms with E-state index >= 15 is 0 Å². The fourth-order valence-corrected chi connectivity index (χ4v) is 2.84. The third-order valence-corrected chi connectivity index (χ3v) is 4.34. The van der Waals surface area contributed by atoms with Crippen molar-refractivity contribution in [3.05, 3.63) is 69.8 Å². The maximum atomic E-state index is 13.5. The summed E-state index contributed by atoms with van der Waals surface area (Å²) in [5.41, 5.74) is 3.78. The van der Waals surface area contributed by atoms with Crippen LogP contribution in [-0.2, 0) is 9.59 Å². The van der Waals surface area contributed by atoms with Crippen molar-refractivity contribution in [2.45, 2.75) is 6.42 Å². The van der Waals surface area contributed by atoms with Crippen molar-refractivity contribution in [3.63, 3.8) is 0 Å². The van der Waals surface area contributed by atoms with E-state index in [0.717, 1.165) is 29.2 Å². The fraction of sp³-hybridized carbons (Fsp3) is 0.167. The second-order valence-corrected chi connectivity index (χ2v) is 6.25. The van der Waals surface area contributed by atoms with Gasteiger partial charge in [0.1, 0.15) is 5.82 Å². The molecule has 1 saturated heterocycles. The van der Waals surface area contributed by atoms with E-state index in [1.807, 2.05) is 0 Å². The Balaban J connectivity index is 1.63. The van der Waals surface area contributed by atoms with Crippen LogP contribution in [0.2, 0.25) is 0 Å². The Morgan fingerprint density at radius 1 is 1.10 bits per heavy atom. The van der Waals surface area contributed by atoms with Crippen molar-refractivity contribution in [1.29, 1.82) is 0 Å². The molecule has 3 rings (SSSR count). The predicted molar refractivity (Wildman–Crippen MR) is 95.5 cm³/mol. The summed E-state index contributed by atoms with van der Waals surface area (Å²) in [6.07, 6.45) is -0.191. The molecule has 3 amide bonds. The van der Waals surface area contributed by atoms with Crippen LogP contribution in [-0.4, -0.2) is 29.2 Å². The summed E-state index contributed by atoms with van der Waals surface area (Å²) < 4.78 is 26.4. The van der Waals surface area contributed by atoms with Crippen molar-refractivity contribution in [2.75, 3.05) is 11.4 Å². The van der Waals surface area contributed by atoms with Gasteiger partial charge in [0.2, 0.25) is 17.6 Å². The summed E-state index contributed by atoms with van der Waals surface area (Å²) in [4.78, 5) is 47.5. The molecule has 1 atom stereocenters. The average Bonchev–Trinajstić information content (AvgIpc) is 3.08. The number of amides is 3. The van der Waals surface area contributed by atoms with Gasteiger partial charge in [0.25, 0.3) is 5.91 Å². The highest BCUT2D eigenvalue weighted by Gasteiger charge is 2.36.